The van der Waals surface area contributed by atoms with Gasteiger partial charge >= 0.3 is 0 Å². The zero-order valence-corrected chi connectivity index (χ0v) is 24.0. The number of imidazole rings is 1. The monoisotopic (exact) mass is 562 g/mol. The van der Waals surface area contributed by atoms with Gasteiger partial charge in [0.25, 0.3) is 0 Å². The summed E-state index contributed by atoms with van der Waals surface area (Å²) in [5, 5.41) is 7.77. The maximum absolute atomic E-state index is 16.4. The third-order valence-corrected chi connectivity index (χ3v) is 7.80. The van der Waals surface area contributed by atoms with E-state index in [4.69, 9.17) is 10.7 Å². The van der Waals surface area contributed by atoms with Gasteiger partial charge in [0.1, 0.15) is 11.4 Å². The van der Waals surface area contributed by atoms with Gasteiger partial charge in [0.05, 0.1) is 22.8 Å². The van der Waals surface area contributed by atoms with Crippen molar-refractivity contribution in [1.29, 1.82) is 0 Å². The fraction of sp³-hybridized carbons (Fsp3) is 0.273. The van der Waals surface area contributed by atoms with Crippen molar-refractivity contribution in [2.75, 3.05) is 19.6 Å². The molecule has 0 saturated carbocycles. The van der Waals surface area contributed by atoms with Gasteiger partial charge in [-0.2, -0.15) is 5.10 Å². The van der Waals surface area contributed by atoms with E-state index in [1.54, 1.807) is 18.6 Å². The number of likely N-dealkylation sites (tertiary alicyclic amines) is 1. The number of aromatic nitrogens is 6. The lowest BCUT2D eigenvalue weighted by atomic mass is 10.0. The van der Waals surface area contributed by atoms with E-state index >= 15 is 4.39 Å². The van der Waals surface area contributed by atoms with Crippen molar-refractivity contribution in [3.05, 3.63) is 107 Å². The van der Waals surface area contributed by atoms with E-state index in [2.05, 4.69) is 36.1 Å². The van der Waals surface area contributed by atoms with Crippen LogP contribution in [0.25, 0.3) is 33.6 Å². The first-order valence-electron chi connectivity index (χ1n) is 14.5. The maximum atomic E-state index is 16.4. The van der Waals surface area contributed by atoms with Gasteiger partial charge in [0.2, 0.25) is 0 Å². The molecular weight excluding hydrogens is 527 g/mol. The molecule has 0 atom stereocenters. The Morgan fingerprint density at radius 1 is 1.10 bits per heavy atom. The molecule has 4 aromatic heterocycles. The largest absolute Gasteiger partial charge is 0.402 e. The third kappa shape index (κ3) is 5.47. The highest BCUT2D eigenvalue weighted by molar-refractivity contribution is 5.94. The molecule has 0 amide bonds. The summed E-state index contributed by atoms with van der Waals surface area (Å²) >= 11 is 0. The second-order valence-corrected chi connectivity index (χ2v) is 10.7. The molecule has 1 fully saturated rings. The number of fused-ring (bicyclic) bond motifs is 2. The normalized spacial score (nSPS) is 16.9. The van der Waals surface area contributed by atoms with Gasteiger partial charge in [0.15, 0.2) is 11.6 Å². The Hall–Kier alpha value is -4.63. The molecule has 42 heavy (non-hydrogen) atoms. The van der Waals surface area contributed by atoms with E-state index in [9.17, 15) is 0 Å². The van der Waals surface area contributed by atoms with Gasteiger partial charge in [-0.25, -0.2) is 9.37 Å². The smallest absolute Gasteiger partial charge is 0.161 e. The number of nitrogens with two attached hydrogens (primary N) is 1. The quantitative estimate of drug-likeness (QED) is 0.235. The Balaban J connectivity index is 1.40. The van der Waals surface area contributed by atoms with Crippen LogP contribution in [0.2, 0.25) is 0 Å². The van der Waals surface area contributed by atoms with Crippen LogP contribution in [0.1, 0.15) is 55.8 Å². The first-order chi connectivity index (χ1) is 20.6. The van der Waals surface area contributed by atoms with E-state index in [0.717, 1.165) is 53.3 Å². The van der Waals surface area contributed by atoms with Crippen LogP contribution in [-0.2, 0) is 6.42 Å². The van der Waals surface area contributed by atoms with Crippen LogP contribution in [0.3, 0.4) is 0 Å². The molecule has 0 unspecified atom stereocenters. The lowest BCUT2D eigenvalue weighted by Crippen LogP contribution is -2.31. The summed E-state index contributed by atoms with van der Waals surface area (Å²) in [6.07, 6.45) is 21.3. The predicted molar refractivity (Wildman–Crippen MR) is 166 cm³/mol. The lowest BCUT2D eigenvalue weighted by Gasteiger charge is -2.27. The van der Waals surface area contributed by atoms with Gasteiger partial charge in [-0.1, -0.05) is 30.7 Å². The van der Waals surface area contributed by atoms with Crippen molar-refractivity contribution in [3.63, 3.8) is 0 Å². The molecule has 0 bridgehead atoms. The number of nitrogens with one attached hydrogen (secondary N) is 2. The molecule has 0 radical (unpaired) electrons. The van der Waals surface area contributed by atoms with Gasteiger partial charge in [-0.15, -0.1) is 0 Å². The van der Waals surface area contributed by atoms with E-state index in [1.807, 2.05) is 56.4 Å². The number of piperidine rings is 1. The van der Waals surface area contributed by atoms with Crippen LogP contribution >= 0.6 is 0 Å². The number of hydrogen-bond acceptors (Lipinski definition) is 6. The highest BCUT2D eigenvalue weighted by atomic mass is 19.1. The zero-order chi connectivity index (χ0) is 29.1. The summed E-state index contributed by atoms with van der Waals surface area (Å²) in [4.78, 5) is 19.4. The molecule has 0 aromatic carbocycles. The molecule has 4 N–H and O–H groups in total. The minimum Gasteiger partial charge on any atom is -0.402 e. The van der Waals surface area contributed by atoms with Gasteiger partial charge in [-0.3, -0.25) is 20.0 Å². The Morgan fingerprint density at radius 2 is 1.90 bits per heavy atom. The summed E-state index contributed by atoms with van der Waals surface area (Å²) < 4.78 is 16.4. The standard InChI is InChI=1S/C33H35FN8/c1-3-8-21(20-42-15-6-5-7-16-42)17-22(4-2)30-29(34)28-27(19-37-30)40-41-32(28)33-38-26-18-24(35)9-10-25(31(26)39-33)23-11-13-36-14-12-23/h3-4,8-14,17,19H,5-7,15-16,18,20,35H2,1-2H3,(H,38,39)(H,40,41)/b8-3+,21-17+,22-4+. The number of nitrogens with zero attached hydrogens (tertiary/aromatic N) is 5. The molecule has 8 nitrogen and oxygen atoms in total. The number of pyridine rings is 2. The van der Waals surface area contributed by atoms with Gasteiger partial charge in [0, 0.05) is 42.3 Å². The van der Waals surface area contributed by atoms with Crippen LogP contribution < -0.4 is 5.73 Å². The van der Waals surface area contributed by atoms with E-state index in [-0.39, 0.29) is 5.69 Å². The summed E-state index contributed by atoms with van der Waals surface area (Å²) in [7, 11) is 0. The number of rotatable bonds is 7. The molecule has 0 spiro atoms. The summed E-state index contributed by atoms with van der Waals surface area (Å²) in [6.45, 7) is 6.92. The van der Waals surface area contributed by atoms with Crippen molar-refractivity contribution in [2.24, 2.45) is 5.73 Å². The van der Waals surface area contributed by atoms with E-state index < -0.39 is 5.82 Å². The van der Waals surface area contributed by atoms with Crippen molar-refractivity contribution >= 4 is 22.0 Å². The fourth-order valence-electron chi connectivity index (χ4n) is 5.74. The number of hydrogen-bond donors (Lipinski definition) is 3. The van der Waals surface area contributed by atoms with Crippen molar-refractivity contribution < 1.29 is 4.39 Å². The van der Waals surface area contributed by atoms with E-state index in [1.165, 1.54) is 19.3 Å². The van der Waals surface area contributed by atoms with Crippen LogP contribution in [0.4, 0.5) is 4.39 Å². The fourth-order valence-corrected chi connectivity index (χ4v) is 5.74. The predicted octanol–water partition coefficient (Wildman–Crippen LogP) is 6.10. The van der Waals surface area contributed by atoms with Gasteiger partial charge in [-0.05, 0) is 80.8 Å². The molecule has 5 heterocycles. The highest BCUT2D eigenvalue weighted by Crippen LogP contribution is 2.34. The molecule has 214 valence electrons. The van der Waals surface area contributed by atoms with Gasteiger partial charge < -0.3 is 10.7 Å². The Bertz CT molecular complexity index is 1750. The molecule has 4 aromatic rings. The summed E-state index contributed by atoms with van der Waals surface area (Å²) in [5.41, 5.74) is 13.5. The summed E-state index contributed by atoms with van der Waals surface area (Å²) in [5.74, 6) is 0.0310. The van der Waals surface area contributed by atoms with Crippen molar-refractivity contribution in [1.82, 2.24) is 35.0 Å². The average molecular weight is 563 g/mol. The molecule has 9 heteroatoms. The third-order valence-electron chi connectivity index (χ3n) is 7.80. The second kappa shape index (κ2) is 12.1. The average Bonchev–Trinajstić information content (AvgIpc) is 3.59. The zero-order valence-electron chi connectivity index (χ0n) is 24.0. The van der Waals surface area contributed by atoms with Crippen LogP contribution in [0.15, 0.2) is 78.4 Å². The molecule has 1 saturated heterocycles. The Labute approximate surface area is 244 Å². The first-order valence-corrected chi connectivity index (χ1v) is 14.5. The van der Waals surface area contributed by atoms with Crippen molar-refractivity contribution in [3.8, 4) is 11.5 Å². The number of allylic oxidation sites excluding steroid dienone is 7. The first kappa shape index (κ1) is 27.5. The minimum atomic E-state index is -0.436. The molecule has 1 aliphatic carbocycles. The van der Waals surface area contributed by atoms with Crippen LogP contribution in [0.5, 0.6) is 0 Å². The molecular formula is C33H35FN8. The molecule has 1 aliphatic heterocycles. The minimum absolute atomic E-state index is 0.283. The number of halogens is 1. The maximum Gasteiger partial charge on any atom is 0.161 e. The molecule has 2 aliphatic rings. The van der Waals surface area contributed by atoms with Crippen LogP contribution in [-0.4, -0.2) is 54.7 Å². The lowest BCUT2D eigenvalue weighted by molar-refractivity contribution is 0.248. The highest BCUT2D eigenvalue weighted by Gasteiger charge is 2.24. The number of H-pyrrole nitrogens is 2. The summed E-state index contributed by atoms with van der Waals surface area (Å²) in [6, 6.07) is 3.86. The Kier molecular flexibility index (Phi) is 7.92. The SMILES string of the molecule is C/C=C/C(=C\C(=C/C)c1ncc2[nH]nc(-c3nc4c([nH]3)CC(N)=CC=C4c3ccncc3)c2c1F)CN1CCCCC1. The molecule has 6 rings (SSSR count). The number of aromatic amines is 2. The topological polar surface area (TPSA) is 112 Å². The van der Waals surface area contributed by atoms with Crippen molar-refractivity contribution in [2.45, 2.75) is 39.5 Å². The second-order valence-electron chi connectivity index (χ2n) is 10.7. The van der Waals surface area contributed by atoms with E-state index in [0.29, 0.717) is 34.5 Å². The Morgan fingerprint density at radius 3 is 2.67 bits per heavy atom. The van der Waals surface area contributed by atoms with Crippen LogP contribution in [0, 0.1) is 5.82 Å².